The van der Waals surface area contributed by atoms with Gasteiger partial charge in [0.15, 0.2) is 0 Å². The van der Waals surface area contributed by atoms with Crippen LogP contribution in [0.4, 0.5) is 5.95 Å². The summed E-state index contributed by atoms with van der Waals surface area (Å²) in [5.74, 6) is 1.61. The third-order valence-electron chi connectivity index (χ3n) is 7.03. The molecule has 1 aliphatic rings. The number of benzene rings is 2. The standard InChI is InChI=1S/C30H32N4O4/c1-20-11-14-31-30(32-20)34-15-12-26(29(35)36)24(19-34)17-22-7-6-10-25(18-22)37-16-13-27-21(2)38-28(33-27)23-8-4-3-5-9-23/h3-11,14,18,24,26H,12-13,15-17,19H2,1-2H3,(H,35,36)/t24?,26-/m0/s1. The summed E-state index contributed by atoms with van der Waals surface area (Å²) < 4.78 is 11.9. The zero-order valence-corrected chi connectivity index (χ0v) is 21.7. The minimum absolute atomic E-state index is 0.0604. The Kier molecular flexibility index (Phi) is 7.67. The van der Waals surface area contributed by atoms with Crippen molar-refractivity contribution in [3.63, 3.8) is 0 Å². The van der Waals surface area contributed by atoms with E-state index in [0.29, 0.717) is 50.8 Å². The van der Waals surface area contributed by atoms with Crippen LogP contribution >= 0.6 is 0 Å². The molecule has 0 radical (unpaired) electrons. The second-order valence-corrected chi connectivity index (χ2v) is 9.78. The maximum Gasteiger partial charge on any atom is 0.306 e. The Bertz CT molecular complexity index is 1390. The summed E-state index contributed by atoms with van der Waals surface area (Å²) in [7, 11) is 0. The molecule has 0 spiro atoms. The highest BCUT2D eigenvalue weighted by Crippen LogP contribution is 2.30. The minimum atomic E-state index is -0.745. The maximum absolute atomic E-state index is 12.0. The number of piperidine rings is 1. The zero-order valence-electron chi connectivity index (χ0n) is 21.7. The van der Waals surface area contributed by atoms with Crippen LogP contribution in [0.3, 0.4) is 0 Å². The monoisotopic (exact) mass is 512 g/mol. The molecule has 1 aliphatic heterocycles. The molecule has 3 heterocycles. The first-order valence-corrected chi connectivity index (χ1v) is 13.0. The van der Waals surface area contributed by atoms with E-state index in [1.54, 1.807) is 6.20 Å². The van der Waals surface area contributed by atoms with Crippen molar-refractivity contribution in [2.45, 2.75) is 33.1 Å². The fraction of sp³-hybridized carbons (Fsp3) is 0.333. The molecule has 1 fully saturated rings. The normalized spacial score (nSPS) is 17.4. The number of aryl methyl sites for hydroxylation is 2. The summed E-state index contributed by atoms with van der Waals surface area (Å²) in [6.45, 7) is 5.55. The van der Waals surface area contributed by atoms with Crippen molar-refractivity contribution >= 4 is 11.9 Å². The van der Waals surface area contributed by atoms with Crippen LogP contribution < -0.4 is 9.64 Å². The van der Waals surface area contributed by atoms with E-state index >= 15 is 0 Å². The summed E-state index contributed by atoms with van der Waals surface area (Å²) >= 11 is 0. The fourth-order valence-electron chi connectivity index (χ4n) is 5.03. The van der Waals surface area contributed by atoms with Gasteiger partial charge in [0, 0.05) is 37.0 Å². The van der Waals surface area contributed by atoms with Crippen molar-refractivity contribution in [1.82, 2.24) is 15.0 Å². The van der Waals surface area contributed by atoms with Crippen LogP contribution in [0.2, 0.25) is 0 Å². The molecule has 2 aromatic carbocycles. The van der Waals surface area contributed by atoms with Gasteiger partial charge in [-0.15, -0.1) is 0 Å². The highest BCUT2D eigenvalue weighted by Gasteiger charge is 2.35. The Morgan fingerprint density at radius 3 is 2.74 bits per heavy atom. The number of carbonyl (C=O) groups is 1. The summed E-state index contributed by atoms with van der Waals surface area (Å²) in [6.07, 6.45) is 3.58. The van der Waals surface area contributed by atoms with Crippen molar-refractivity contribution in [2.75, 3.05) is 24.6 Å². The highest BCUT2D eigenvalue weighted by atomic mass is 16.5. The molecular formula is C30H32N4O4. The van der Waals surface area contributed by atoms with Crippen LogP contribution in [-0.4, -0.2) is 45.7 Å². The average molecular weight is 513 g/mol. The number of carboxylic acids is 1. The molecule has 38 heavy (non-hydrogen) atoms. The number of carboxylic acid groups (broad SMARTS) is 1. The topological polar surface area (TPSA) is 102 Å². The highest BCUT2D eigenvalue weighted by molar-refractivity contribution is 5.71. The molecule has 0 saturated carbocycles. The number of oxazole rings is 1. The van der Waals surface area contributed by atoms with Gasteiger partial charge in [-0.1, -0.05) is 30.3 Å². The van der Waals surface area contributed by atoms with Crippen molar-refractivity contribution in [1.29, 1.82) is 0 Å². The van der Waals surface area contributed by atoms with Crippen molar-refractivity contribution in [3.8, 4) is 17.2 Å². The van der Waals surface area contributed by atoms with Crippen molar-refractivity contribution in [2.24, 2.45) is 11.8 Å². The Hall–Kier alpha value is -4.20. The van der Waals surface area contributed by atoms with E-state index in [1.165, 1.54) is 0 Å². The first-order chi connectivity index (χ1) is 18.5. The molecule has 1 unspecified atom stereocenters. The van der Waals surface area contributed by atoms with Crippen LogP contribution in [0.1, 0.15) is 29.1 Å². The van der Waals surface area contributed by atoms with Gasteiger partial charge in [0.1, 0.15) is 11.5 Å². The van der Waals surface area contributed by atoms with Crippen LogP contribution in [0.25, 0.3) is 11.5 Å². The smallest absolute Gasteiger partial charge is 0.306 e. The summed E-state index contributed by atoms with van der Waals surface area (Å²) in [5.41, 5.74) is 3.78. The van der Waals surface area contributed by atoms with Gasteiger partial charge in [0.2, 0.25) is 11.8 Å². The maximum atomic E-state index is 12.0. The summed E-state index contributed by atoms with van der Waals surface area (Å²) in [6, 6.07) is 19.6. The van der Waals surface area contributed by atoms with Crippen LogP contribution in [-0.2, 0) is 17.6 Å². The summed E-state index contributed by atoms with van der Waals surface area (Å²) in [5, 5.41) is 9.88. The Balaban J connectivity index is 1.22. The number of rotatable bonds is 9. The second kappa shape index (κ2) is 11.5. The lowest BCUT2D eigenvalue weighted by Crippen LogP contribution is -2.44. The Labute approximate surface area is 222 Å². The number of ether oxygens (including phenoxy) is 1. The SMILES string of the molecule is Cc1ccnc(N2CC[C@H](C(=O)O)C(Cc3cccc(OCCc4nc(-c5ccccc5)oc4C)c3)C2)n1. The van der Waals surface area contributed by atoms with Gasteiger partial charge in [0.05, 0.1) is 18.2 Å². The van der Waals surface area contributed by atoms with Gasteiger partial charge in [0.25, 0.3) is 0 Å². The lowest BCUT2D eigenvalue weighted by Gasteiger charge is -2.37. The van der Waals surface area contributed by atoms with E-state index in [1.807, 2.05) is 74.5 Å². The van der Waals surface area contributed by atoms with Gasteiger partial charge >= 0.3 is 5.97 Å². The number of hydrogen-bond acceptors (Lipinski definition) is 7. The predicted molar refractivity (Wildman–Crippen MR) is 144 cm³/mol. The predicted octanol–water partition coefficient (Wildman–Crippen LogP) is 5.14. The van der Waals surface area contributed by atoms with Crippen molar-refractivity contribution in [3.05, 3.63) is 89.6 Å². The Morgan fingerprint density at radius 1 is 1.11 bits per heavy atom. The molecule has 196 valence electrons. The number of nitrogens with zero attached hydrogens (tertiary/aromatic N) is 4. The van der Waals surface area contributed by atoms with E-state index < -0.39 is 11.9 Å². The third-order valence-corrected chi connectivity index (χ3v) is 7.03. The van der Waals surface area contributed by atoms with E-state index in [2.05, 4.69) is 19.9 Å². The molecule has 2 atom stereocenters. The Morgan fingerprint density at radius 2 is 1.95 bits per heavy atom. The van der Waals surface area contributed by atoms with Crippen molar-refractivity contribution < 1.29 is 19.1 Å². The molecule has 5 rings (SSSR count). The van der Waals surface area contributed by atoms with Crippen LogP contribution in [0.15, 0.2) is 71.3 Å². The fourth-order valence-corrected chi connectivity index (χ4v) is 5.03. The summed E-state index contributed by atoms with van der Waals surface area (Å²) in [4.78, 5) is 27.7. The lowest BCUT2D eigenvalue weighted by atomic mass is 9.81. The molecule has 1 saturated heterocycles. The first-order valence-electron chi connectivity index (χ1n) is 13.0. The average Bonchev–Trinajstić information content (AvgIpc) is 3.29. The van der Waals surface area contributed by atoms with E-state index in [4.69, 9.17) is 9.15 Å². The van der Waals surface area contributed by atoms with Crippen LogP contribution in [0, 0.1) is 25.7 Å². The quantitative estimate of drug-likeness (QED) is 0.329. The minimum Gasteiger partial charge on any atom is -0.493 e. The second-order valence-electron chi connectivity index (χ2n) is 9.78. The van der Waals surface area contributed by atoms with Gasteiger partial charge < -0.3 is 19.2 Å². The first kappa shape index (κ1) is 25.4. The molecule has 8 heteroatoms. The van der Waals surface area contributed by atoms with E-state index in [-0.39, 0.29) is 5.92 Å². The molecule has 4 aromatic rings. The van der Waals surface area contributed by atoms with Gasteiger partial charge in [-0.05, 0) is 68.5 Å². The molecular weight excluding hydrogens is 480 g/mol. The number of hydrogen-bond donors (Lipinski definition) is 1. The van der Waals surface area contributed by atoms with Gasteiger partial charge in [-0.2, -0.15) is 0 Å². The molecule has 0 amide bonds. The molecule has 1 N–H and O–H groups in total. The van der Waals surface area contributed by atoms with E-state index in [0.717, 1.165) is 34.0 Å². The number of aromatic nitrogens is 3. The number of anilines is 1. The molecule has 0 aliphatic carbocycles. The number of aliphatic carboxylic acids is 1. The third kappa shape index (κ3) is 6.02. The van der Waals surface area contributed by atoms with Gasteiger partial charge in [-0.25, -0.2) is 15.0 Å². The van der Waals surface area contributed by atoms with Crippen LogP contribution in [0.5, 0.6) is 5.75 Å². The lowest BCUT2D eigenvalue weighted by molar-refractivity contribution is -0.144. The molecule has 0 bridgehead atoms. The molecule has 2 aromatic heterocycles. The molecule has 8 nitrogen and oxygen atoms in total. The largest absolute Gasteiger partial charge is 0.493 e. The van der Waals surface area contributed by atoms with E-state index in [9.17, 15) is 9.90 Å². The zero-order chi connectivity index (χ0) is 26.5. The van der Waals surface area contributed by atoms with Gasteiger partial charge in [-0.3, -0.25) is 4.79 Å².